The predicted octanol–water partition coefficient (Wildman–Crippen LogP) is 3.97. The van der Waals surface area contributed by atoms with Crippen molar-refractivity contribution in [3.05, 3.63) is 41.3 Å². The quantitative estimate of drug-likeness (QED) is 0.586. The summed E-state index contributed by atoms with van der Waals surface area (Å²) in [5, 5.41) is 5.23. The summed E-state index contributed by atoms with van der Waals surface area (Å²) in [6.07, 6.45) is 4.24. The summed E-state index contributed by atoms with van der Waals surface area (Å²) in [4.78, 5) is 22.5. The molecule has 4 rings (SSSR count). The van der Waals surface area contributed by atoms with E-state index in [2.05, 4.69) is 31.0 Å². The third-order valence-corrected chi connectivity index (χ3v) is 5.40. The molecular weight excluding hydrogens is 438 g/mol. The van der Waals surface area contributed by atoms with Crippen molar-refractivity contribution >= 4 is 33.1 Å². The summed E-state index contributed by atoms with van der Waals surface area (Å²) in [6.45, 7) is 4.89. The molecule has 1 fully saturated rings. The molecule has 0 saturated carbocycles. The molecule has 0 unspecified atom stereocenters. The fraction of sp³-hybridized carbons (Fsp3) is 0.400. The molecule has 3 heterocycles. The van der Waals surface area contributed by atoms with Crippen molar-refractivity contribution in [2.24, 2.45) is 0 Å². The first-order chi connectivity index (χ1) is 14.0. The van der Waals surface area contributed by atoms with Gasteiger partial charge in [0, 0.05) is 30.4 Å². The lowest BCUT2D eigenvalue weighted by Gasteiger charge is -2.31. The van der Waals surface area contributed by atoms with Crippen molar-refractivity contribution in [2.45, 2.75) is 38.9 Å². The number of rotatable bonds is 4. The van der Waals surface area contributed by atoms with E-state index < -0.39 is 0 Å². The molecule has 1 aliphatic rings. The summed E-state index contributed by atoms with van der Waals surface area (Å²) in [5.41, 5.74) is 1.57. The summed E-state index contributed by atoms with van der Waals surface area (Å²) in [6, 6.07) is 7.82. The number of hydrogen-bond acceptors (Lipinski definition) is 6. The molecule has 9 heteroatoms. The van der Waals surface area contributed by atoms with Gasteiger partial charge in [0.15, 0.2) is 5.65 Å². The first-order valence-electron chi connectivity index (χ1n) is 9.59. The second-order valence-electron chi connectivity index (χ2n) is 7.16. The molecule has 0 aliphatic carbocycles. The van der Waals surface area contributed by atoms with Crippen molar-refractivity contribution in [1.29, 1.82) is 0 Å². The van der Waals surface area contributed by atoms with Crippen LogP contribution in [0, 0.1) is 0 Å². The van der Waals surface area contributed by atoms with Gasteiger partial charge in [0.25, 0.3) is 0 Å². The van der Waals surface area contributed by atoms with E-state index in [-0.39, 0.29) is 18.3 Å². The number of halogens is 1. The number of nitrogens with zero attached hydrogens (tertiary/aromatic N) is 5. The molecular formula is C20H22BrN5O3. The largest absolute Gasteiger partial charge is 0.474 e. The van der Waals surface area contributed by atoms with E-state index in [1.165, 1.54) is 6.33 Å². The molecule has 0 N–H and O–H groups in total. The van der Waals surface area contributed by atoms with Crippen LogP contribution in [0.15, 0.2) is 41.3 Å². The van der Waals surface area contributed by atoms with Crippen LogP contribution in [0.25, 0.3) is 16.7 Å². The Morgan fingerprint density at radius 2 is 1.97 bits per heavy atom. The summed E-state index contributed by atoms with van der Waals surface area (Å²) < 4.78 is 14.1. The highest BCUT2D eigenvalue weighted by atomic mass is 79.9. The summed E-state index contributed by atoms with van der Waals surface area (Å²) in [5.74, 6) is 0.511. The number of ether oxygens (including phenoxy) is 2. The number of para-hydroxylation sites is 1. The molecule has 0 bridgehead atoms. The first-order valence-corrected chi connectivity index (χ1v) is 10.4. The Balaban J connectivity index is 1.49. The minimum Gasteiger partial charge on any atom is -0.474 e. The molecule has 1 aromatic carbocycles. The van der Waals surface area contributed by atoms with Crippen LogP contribution in [-0.4, -0.2) is 56.0 Å². The normalized spacial score (nSPS) is 15.1. The van der Waals surface area contributed by atoms with E-state index in [4.69, 9.17) is 9.47 Å². The Kier molecular flexibility index (Phi) is 5.66. The molecule has 2 aromatic heterocycles. The van der Waals surface area contributed by atoms with Gasteiger partial charge in [0.1, 0.15) is 17.8 Å². The van der Waals surface area contributed by atoms with E-state index in [1.54, 1.807) is 15.8 Å². The van der Waals surface area contributed by atoms with Gasteiger partial charge in [0.05, 0.1) is 18.0 Å². The smallest absolute Gasteiger partial charge is 0.410 e. The van der Waals surface area contributed by atoms with Gasteiger partial charge in [-0.25, -0.2) is 19.4 Å². The number of carbonyl (C=O) groups is 1. The molecule has 29 heavy (non-hydrogen) atoms. The van der Waals surface area contributed by atoms with E-state index in [1.807, 2.05) is 38.1 Å². The standard InChI is InChI=1S/C20H22BrN5O3/c1-13(2)28-20(27)25-9-7-14(8-10-25)29-19-15-11-24-26(18(15)22-12-23-19)17-6-4-3-5-16(17)21/h3-6,11-14H,7-10H2,1-2H3. The zero-order chi connectivity index (χ0) is 20.4. The van der Waals surface area contributed by atoms with Crippen molar-refractivity contribution in [3.8, 4) is 11.6 Å². The second kappa shape index (κ2) is 8.36. The van der Waals surface area contributed by atoms with E-state index in [0.29, 0.717) is 24.6 Å². The molecule has 0 atom stereocenters. The number of piperidine rings is 1. The van der Waals surface area contributed by atoms with Gasteiger partial charge in [-0.15, -0.1) is 0 Å². The number of benzene rings is 1. The third-order valence-electron chi connectivity index (χ3n) is 4.72. The molecule has 1 amide bonds. The summed E-state index contributed by atoms with van der Waals surface area (Å²) >= 11 is 3.56. The highest BCUT2D eigenvalue weighted by molar-refractivity contribution is 9.10. The Hall–Kier alpha value is -2.68. The Labute approximate surface area is 177 Å². The highest BCUT2D eigenvalue weighted by Gasteiger charge is 2.26. The van der Waals surface area contributed by atoms with Crippen LogP contribution in [0.4, 0.5) is 4.79 Å². The Morgan fingerprint density at radius 3 is 2.69 bits per heavy atom. The summed E-state index contributed by atoms with van der Waals surface area (Å²) in [7, 11) is 0. The van der Waals surface area contributed by atoms with Gasteiger partial charge in [-0.1, -0.05) is 12.1 Å². The van der Waals surface area contributed by atoms with Crippen molar-refractivity contribution in [2.75, 3.05) is 13.1 Å². The van der Waals surface area contributed by atoms with E-state index in [0.717, 1.165) is 28.4 Å². The third kappa shape index (κ3) is 4.19. The highest BCUT2D eigenvalue weighted by Crippen LogP contribution is 2.28. The number of amides is 1. The molecule has 3 aromatic rings. The van der Waals surface area contributed by atoms with Crippen LogP contribution in [0.3, 0.4) is 0 Å². The molecule has 1 saturated heterocycles. The fourth-order valence-corrected chi connectivity index (χ4v) is 3.76. The zero-order valence-corrected chi connectivity index (χ0v) is 17.9. The SMILES string of the molecule is CC(C)OC(=O)N1CCC(Oc2ncnc3c2cnn3-c2ccccc2Br)CC1. The van der Waals surface area contributed by atoms with Crippen LogP contribution in [-0.2, 0) is 4.74 Å². The number of fused-ring (bicyclic) bond motifs is 1. The van der Waals surface area contributed by atoms with Crippen LogP contribution in [0.2, 0.25) is 0 Å². The number of aromatic nitrogens is 4. The lowest BCUT2D eigenvalue weighted by atomic mass is 10.1. The topological polar surface area (TPSA) is 82.4 Å². The van der Waals surface area contributed by atoms with Crippen molar-refractivity contribution < 1.29 is 14.3 Å². The maximum absolute atomic E-state index is 12.0. The van der Waals surface area contributed by atoms with Gasteiger partial charge in [-0.05, 0) is 41.9 Å². The van der Waals surface area contributed by atoms with Crippen LogP contribution < -0.4 is 4.74 Å². The molecule has 0 spiro atoms. The van der Waals surface area contributed by atoms with Gasteiger partial charge >= 0.3 is 6.09 Å². The average Bonchev–Trinajstić information content (AvgIpc) is 3.13. The minimum absolute atomic E-state index is 0.0250. The van der Waals surface area contributed by atoms with Gasteiger partial charge in [-0.3, -0.25) is 0 Å². The fourth-order valence-electron chi connectivity index (χ4n) is 3.31. The minimum atomic E-state index is -0.266. The van der Waals surface area contributed by atoms with E-state index >= 15 is 0 Å². The van der Waals surface area contributed by atoms with Crippen LogP contribution in [0.5, 0.6) is 5.88 Å². The first kappa shape index (κ1) is 19.6. The predicted molar refractivity (Wildman–Crippen MR) is 111 cm³/mol. The maximum atomic E-state index is 12.0. The van der Waals surface area contributed by atoms with Gasteiger partial charge < -0.3 is 14.4 Å². The number of hydrogen-bond donors (Lipinski definition) is 0. The maximum Gasteiger partial charge on any atom is 0.410 e. The average molecular weight is 460 g/mol. The second-order valence-corrected chi connectivity index (χ2v) is 8.01. The monoisotopic (exact) mass is 459 g/mol. The van der Waals surface area contributed by atoms with Gasteiger partial charge in [0.2, 0.25) is 5.88 Å². The van der Waals surface area contributed by atoms with Crippen molar-refractivity contribution in [3.63, 3.8) is 0 Å². The Bertz CT molecular complexity index is 1010. The molecule has 1 aliphatic heterocycles. The number of carbonyl (C=O) groups excluding carboxylic acids is 1. The molecule has 0 radical (unpaired) electrons. The number of likely N-dealkylation sites (tertiary alicyclic amines) is 1. The Morgan fingerprint density at radius 1 is 1.21 bits per heavy atom. The lowest BCUT2D eigenvalue weighted by molar-refractivity contribution is 0.0511. The van der Waals surface area contributed by atoms with Crippen LogP contribution in [0.1, 0.15) is 26.7 Å². The van der Waals surface area contributed by atoms with Gasteiger partial charge in [-0.2, -0.15) is 5.10 Å². The molecule has 8 nitrogen and oxygen atoms in total. The van der Waals surface area contributed by atoms with E-state index in [9.17, 15) is 4.79 Å². The lowest BCUT2D eigenvalue weighted by Crippen LogP contribution is -2.42. The zero-order valence-electron chi connectivity index (χ0n) is 16.3. The van der Waals surface area contributed by atoms with Crippen molar-refractivity contribution in [1.82, 2.24) is 24.6 Å². The van der Waals surface area contributed by atoms with Crippen LogP contribution >= 0.6 is 15.9 Å². The molecule has 152 valence electrons.